The van der Waals surface area contributed by atoms with Gasteiger partial charge in [0.2, 0.25) is 0 Å². The maximum Gasteiger partial charge on any atom is 0.251 e. The van der Waals surface area contributed by atoms with Gasteiger partial charge < -0.3 is 0 Å². The van der Waals surface area contributed by atoms with Gasteiger partial charge in [-0.1, -0.05) is 12.1 Å². The summed E-state index contributed by atoms with van der Waals surface area (Å²) >= 11 is 5.82. The molecule has 0 aliphatic rings. The first-order valence-corrected chi connectivity index (χ1v) is 6.02. The Hall–Kier alpha value is 0.0900. The first kappa shape index (κ1) is 10.2. The molecule has 12 heavy (non-hydrogen) atoms. The van der Waals surface area contributed by atoms with E-state index >= 15 is 0 Å². The first-order valence-electron chi connectivity index (χ1n) is 2.95. The summed E-state index contributed by atoms with van der Waals surface area (Å²) in [5, 5.41) is 0. The van der Waals surface area contributed by atoms with Gasteiger partial charge in [0.15, 0.2) is 0 Å². The minimum Gasteiger partial charge on any atom is -0.206 e. The Bertz CT molecular complexity index is 377. The zero-order valence-corrected chi connectivity index (χ0v) is 9.78. The second-order valence-electron chi connectivity index (χ2n) is 2.01. The Balaban J connectivity index is 3.30. The number of hydrogen-bond donors (Lipinski definition) is 1. The maximum absolute atomic E-state index is 11.2. The molecule has 3 nitrogen and oxygen atoms in total. The Morgan fingerprint density at radius 1 is 1.25 bits per heavy atom. The standard InChI is InChI=1S/C6H5Br2NO2S/c7-5-3-1-2-4-6(5)12(10,11)9-8/h1-4,9H. The van der Waals surface area contributed by atoms with Gasteiger partial charge in [-0.3, -0.25) is 0 Å². The van der Waals surface area contributed by atoms with Crippen molar-refractivity contribution < 1.29 is 8.42 Å². The van der Waals surface area contributed by atoms with Crippen molar-refractivity contribution in [2.24, 2.45) is 0 Å². The number of rotatable bonds is 2. The molecule has 0 saturated heterocycles. The van der Waals surface area contributed by atoms with Gasteiger partial charge in [0.1, 0.15) is 0 Å². The number of benzene rings is 1. The molecule has 0 saturated carbocycles. The summed E-state index contributed by atoms with van der Waals surface area (Å²) < 4.78 is 25.1. The summed E-state index contributed by atoms with van der Waals surface area (Å²) in [6, 6.07) is 6.57. The van der Waals surface area contributed by atoms with E-state index in [1.54, 1.807) is 18.2 Å². The van der Waals surface area contributed by atoms with Crippen LogP contribution in [0.3, 0.4) is 0 Å². The number of nitrogens with one attached hydrogen (secondary N) is 1. The van der Waals surface area contributed by atoms with E-state index in [0.29, 0.717) is 4.47 Å². The Morgan fingerprint density at radius 3 is 2.33 bits per heavy atom. The highest BCUT2D eigenvalue weighted by Gasteiger charge is 2.14. The fourth-order valence-corrected chi connectivity index (χ4v) is 2.82. The second kappa shape index (κ2) is 3.87. The van der Waals surface area contributed by atoms with Crippen molar-refractivity contribution in [2.45, 2.75) is 4.90 Å². The van der Waals surface area contributed by atoms with Crippen molar-refractivity contribution in [3.63, 3.8) is 0 Å². The third-order valence-corrected chi connectivity index (χ3v) is 4.60. The molecule has 1 rings (SSSR count). The Kier molecular flexibility index (Phi) is 3.28. The van der Waals surface area contributed by atoms with Gasteiger partial charge in [-0.05, 0) is 28.1 Å². The molecule has 0 bridgehead atoms. The number of halogens is 2. The molecule has 0 amide bonds. The lowest BCUT2D eigenvalue weighted by molar-refractivity contribution is 0.594. The molecule has 0 fully saturated rings. The molecule has 1 aromatic carbocycles. The van der Waals surface area contributed by atoms with Crippen LogP contribution in [0.4, 0.5) is 0 Å². The molecule has 0 aliphatic heterocycles. The van der Waals surface area contributed by atoms with Crippen molar-refractivity contribution in [3.8, 4) is 0 Å². The molecule has 0 aliphatic carbocycles. The molecule has 0 aromatic heterocycles. The fraction of sp³-hybridized carbons (Fsp3) is 0. The zero-order valence-electron chi connectivity index (χ0n) is 5.79. The van der Waals surface area contributed by atoms with Crippen LogP contribution in [0.2, 0.25) is 0 Å². The SMILES string of the molecule is O=S(=O)(NBr)c1ccccc1Br. The normalized spacial score (nSPS) is 11.5. The number of sulfonamides is 1. The van der Waals surface area contributed by atoms with Crippen LogP contribution in [-0.2, 0) is 10.0 Å². The molecule has 6 heteroatoms. The van der Waals surface area contributed by atoms with Crippen LogP contribution in [0.25, 0.3) is 0 Å². The van der Waals surface area contributed by atoms with Crippen molar-refractivity contribution in [3.05, 3.63) is 28.7 Å². The van der Waals surface area contributed by atoms with E-state index in [1.807, 2.05) is 0 Å². The molecule has 0 radical (unpaired) electrons. The smallest absolute Gasteiger partial charge is 0.206 e. The monoisotopic (exact) mass is 313 g/mol. The van der Waals surface area contributed by atoms with Crippen LogP contribution < -0.4 is 3.75 Å². The largest absolute Gasteiger partial charge is 0.251 e. The predicted molar refractivity (Wildman–Crippen MR) is 53.4 cm³/mol. The lowest BCUT2D eigenvalue weighted by atomic mass is 10.4. The summed E-state index contributed by atoms with van der Waals surface area (Å²) in [4.78, 5) is 0.210. The van der Waals surface area contributed by atoms with Crippen LogP contribution in [-0.4, -0.2) is 8.42 Å². The highest BCUT2D eigenvalue weighted by molar-refractivity contribution is 9.10. The summed E-state index contributed by atoms with van der Waals surface area (Å²) in [5.74, 6) is 0. The Morgan fingerprint density at radius 2 is 1.83 bits per heavy atom. The second-order valence-corrected chi connectivity index (χ2v) is 5.44. The molecule has 0 unspecified atom stereocenters. The van der Waals surface area contributed by atoms with Crippen molar-refractivity contribution >= 4 is 42.1 Å². The molecule has 1 aromatic rings. The van der Waals surface area contributed by atoms with Gasteiger partial charge in [0.25, 0.3) is 10.0 Å². The van der Waals surface area contributed by atoms with Crippen LogP contribution in [0.1, 0.15) is 0 Å². The van der Waals surface area contributed by atoms with Crippen LogP contribution >= 0.6 is 32.1 Å². The lowest BCUT2D eigenvalue weighted by Gasteiger charge is -2.01. The van der Waals surface area contributed by atoms with E-state index in [-0.39, 0.29) is 4.90 Å². The quantitative estimate of drug-likeness (QED) is 0.849. The fourth-order valence-electron chi connectivity index (χ4n) is 0.704. The van der Waals surface area contributed by atoms with E-state index in [0.717, 1.165) is 0 Å². The van der Waals surface area contributed by atoms with Gasteiger partial charge in [-0.2, -0.15) is 0 Å². The zero-order chi connectivity index (χ0) is 9.19. The molecular weight excluding hydrogens is 310 g/mol. The molecule has 0 atom stereocenters. The van der Waals surface area contributed by atoms with E-state index in [1.165, 1.54) is 6.07 Å². The van der Waals surface area contributed by atoms with Crippen molar-refractivity contribution in [1.29, 1.82) is 0 Å². The van der Waals surface area contributed by atoms with Crippen LogP contribution in [0.5, 0.6) is 0 Å². The highest BCUT2D eigenvalue weighted by atomic mass is 79.9. The van der Waals surface area contributed by atoms with E-state index in [9.17, 15) is 8.42 Å². The predicted octanol–water partition coefficient (Wildman–Crippen LogP) is 2.04. The lowest BCUT2D eigenvalue weighted by Crippen LogP contribution is -2.13. The average Bonchev–Trinajstić information content (AvgIpc) is 2.05. The van der Waals surface area contributed by atoms with Gasteiger partial charge in [-0.15, -0.1) is 3.75 Å². The van der Waals surface area contributed by atoms with E-state index in [2.05, 4.69) is 35.8 Å². The van der Waals surface area contributed by atoms with Crippen molar-refractivity contribution in [2.75, 3.05) is 0 Å². The number of hydrogen-bond acceptors (Lipinski definition) is 2. The molecular formula is C6H5Br2NO2S. The molecule has 0 heterocycles. The van der Waals surface area contributed by atoms with Gasteiger partial charge in [-0.25, -0.2) is 8.42 Å². The van der Waals surface area contributed by atoms with Crippen molar-refractivity contribution in [1.82, 2.24) is 3.75 Å². The van der Waals surface area contributed by atoms with Crippen LogP contribution in [0.15, 0.2) is 33.6 Å². The molecule has 1 N–H and O–H groups in total. The van der Waals surface area contributed by atoms with Crippen LogP contribution in [0, 0.1) is 0 Å². The minimum absolute atomic E-state index is 0.210. The van der Waals surface area contributed by atoms with E-state index < -0.39 is 10.0 Å². The topological polar surface area (TPSA) is 46.2 Å². The molecule has 66 valence electrons. The average molecular weight is 315 g/mol. The summed E-state index contributed by atoms with van der Waals surface area (Å²) in [6.45, 7) is 0. The van der Waals surface area contributed by atoms with Gasteiger partial charge >= 0.3 is 0 Å². The summed E-state index contributed by atoms with van der Waals surface area (Å²) in [7, 11) is -3.41. The maximum atomic E-state index is 11.2. The first-order chi connectivity index (χ1) is 5.58. The summed E-state index contributed by atoms with van der Waals surface area (Å²) in [5.41, 5.74) is 0. The van der Waals surface area contributed by atoms with E-state index in [4.69, 9.17) is 0 Å². The minimum atomic E-state index is -3.41. The third-order valence-electron chi connectivity index (χ3n) is 1.23. The summed E-state index contributed by atoms with van der Waals surface area (Å²) in [6.07, 6.45) is 0. The van der Waals surface area contributed by atoms with Gasteiger partial charge in [0.05, 0.1) is 4.90 Å². The molecule has 0 spiro atoms. The highest BCUT2D eigenvalue weighted by Crippen LogP contribution is 2.20. The van der Waals surface area contributed by atoms with Gasteiger partial charge in [0, 0.05) is 20.6 Å². The Labute approximate surface area is 87.7 Å². The third kappa shape index (κ3) is 2.07.